The van der Waals surface area contributed by atoms with E-state index in [0.717, 1.165) is 17.5 Å². The summed E-state index contributed by atoms with van der Waals surface area (Å²) < 4.78 is 5.05. The van der Waals surface area contributed by atoms with E-state index in [4.69, 9.17) is 16.3 Å². The van der Waals surface area contributed by atoms with Crippen molar-refractivity contribution in [1.29, 1.82) is 0 Å². The van der Waals surface area contributed by atoms with Gasteiger partial charge in [-0.2, -0.15) is 4.98 Å². The Balaban J connectivity index is 3.16. The Kier molecular flexibility index (Phi) is 3.83. The van der Waals surface area contributed by atoms with Crippen LogP contribution in [0.25, 0.3) is 0 Å². The zero-order valence-corrected chi connectivity index (χ0v) is 8.84. The molecule has 0 radical (unpaired) electrons. The lowest BCUT2D eigenvalue weighted by molar-refractivity contribution is -0.107. The average molecular weight is 215 g/mol. The number of methoxy groups -OCH3 is 1. The van der Waals surface area contributed by atoms with Crippen LogP contribution in [0, 0.1) is 6.92 Å². The molecule has 0 aliphatic carbocycles. The minimum Gasteiger partial charge on any atom is -0.481 e. The van der Waals surface area contributed by atoms with E-state index in [2.05, 4.69) is 9.97 Å². The fraction of sp³-hybridized carbons (Fsp3) is 0.444. The number of halogens is 1. The lowest BCUT2D eigenvalue weighted by atomic mass is 10.2. The van der Waals surface area contributed by atoms with Gasteiger partial charge in [0.15, 0.2) is 0 Å². The van der Waals surface area contributed by atoms with Gasteiger partial charge in [0.05, 0.1) is 25.0 Å². The SMILES string of the molecule is COc1nc(CC=O)nc(C)c1CCl. The molecule has 1 aromatic heterocycles. The van der Waals surface area contributed by atoms with Crippen molar-refractivity contribution in [1.82, 2.24) is 9.97 Å². The smallest absolute Gasteiger partial charge is 0.221 e. The number of aryl methyl sites for hydroxylation is 1. The molecule has 14 heavy (non-hydrogen) atoms. The highest BCUT2D eigenvalue weighted by Crippen LogP contribution is 2.20. The summed E-state index contributed by atoms with van der Waals surface area (Å²) in [7, 11) is 1.52. The van der Waals surface area contributed by atoms with Gasteiger partial charge in [-0.1, -0.05) is 0 Å². The molecule has 5 heteroatoms. The third kappa shape index (κ3) is 2.20. The van der Waals surface area contributed by atoms with Crippen LogP contribution in [0.15, 0.2) is 0 Å². The highest BCUT2D eigenvalue weighted by Gasteiger charge is 2.10. The lowest BCUT2D eigenvalue weighted by Gasteiger charge is -2.08. The zero-order valence-electron chi connectivity index (χ0n) is 8.08. The van der Waals surface area contributed by atoms with Crippen molar-refractivity contribution >= 4 is 17.9 Å². The Hall–Kier alpha value is -1.16. The molecule has 1 aromatic rings. The number of aromatic nitrogens is 2. The van der Waals surface area contributed by atoms with E-state index >= 15 is 0 Å². The average Bonchev–Trinajstić information content (AvgIpc) is 2.17. The molecule has 1 heterocycles. The predicted octanol–water partition coefficient (Wildman–Crippen LogP) is 1.27. The summed E-state index contributed by atoms with van der Waals surface area (Å²) in [5.74, 6) is 1.21. The molecule has 0 saturated heterocycles. The number of aldehydes is 1. The van der Waals surface area contributed by atoms with Crippen LogP contribution in [0.4, 0.5) is 0 Å². The summed E-state index contributed by atoms with van der Waals surface area (Å²) in [4.78, 5) is 18.5. The minimum atomic E-state index is 0.194. The van der Waals surface area contributed by atoms with E-state index in [1.54, 1.807) is 0 Å². The Labute approximate surface area is 87.3 Å². The molecular formula is C9H11ClN2O2. The summed E-state index contributed by atoms with van der Waals surface area (Å²) in [6.07, 6.45) is 0.953. The molecule has 0 amide bonds. The van der Waals surface area contributed by atoms with Crippen molar-refractivity contribution in [3.8, 4) is 5.88 Å². The first-order valence-electron chi connectivity index (χ1n) is 4.13. The fourth-order valence-corrected chi connectivity index (χ4v) is 1.42. The first kappa shape index (κ1) is 10.9. The number of ether oxygens (including phenoxy) is 1. The van der Waals surface area contributed by atoms with Crippen LogP contribution in [-0.2, 0) is 17.1 Å². The van der Waals surface area contributed by atoms with Gasteiger partial charge in [-0.3, -0.25) is 0 Å². The lowest BCUT2D eigenvalue weighted by Crippen LogP contribution is -2.05. The number of carbonyl (C=O) groups excluding carboxylic acids is 1. The standard InChI is InChI=1S/C9H11ClN2O2/c1-6-7(5-10)9(14-2)12-8(11-6)3-4-13/h4H,3,5H2,1-2H3. The molecule has 4 nitrogen and oxygen atoms in total. The first-order chi connectivity index (χ1) is 6.72. The van der Waals surface area contributed by atoms with Gasteiger partial charge >= 0.3 is 0 Å². The topological polar surface area (TPSA) is 52.1 Å². The fourth-order valence-electron chi connectivity index (χ4n) is 1.11. The summed E-state index contributed by atoms with van der Waals surface area (Å²) >= 11 is 5.72. The van der Waals surface area contributed by atoms with Crippen molar-refractivity contribution in [3.63, 3.8) is 0 Å². The van der Waals surface area contributed by atoms with Crippen LogP contribution in [0.3, 0.4) is 0 Å². The van der Waals surface area contributed by atoms with Crippen molar-refractivity contribution < 1.29 is 9.53 Å². The summed E-state index contributed by atoms with van der Waals surface area (Å²) in [5.41, 5.74) is 1.52. The molecule has 76 valence electrons. The largest absolute Gasteiger partial charge is 0.481 e. The van der Waals surface area contributed by atoms with Gasteiger partial charge in [0.2, 0.25) is 5.88 Å². The number of hydrogen-bond donors (Lipinski definition) is 0. The molecule has 1 rings (SSSR count). The Bertz CT molecular complexity index is 342. The molecule has 0 unspecified atom stereocenters. The van der Waals surface area contributed by atoms with Crippen LogP contribution < -0.4 is 4.74 Å². The maximum atomic E-state index is 10.3. The molecule has 0 bridgehead atoms. The number of hydrogen-bond acceptors (Lipinski definition) is 4. The summed E-state index contributed by atoms with van der Waals surface area (Å²) in [5, 5.41) is 0. The van der Waals surface area contributed by atoms with Crippen molar-refractivity contribution in [2.24, 2.45) is 0 Å². The van der Waals surface area contributed by atoms with E-state index in [1.807, 2.05) is 6.92 Å². The second kappa shape index (κ2) is 4.91. The molecule has 0 spiro atoms. The van der Waals surface area contributed by atoms with Gasteiger partial charge in [-0.05, 0) is 6.92 Å². The van der Waals surface area contributed by atoms with Crippen LogP contribution in [0.2, 0.25) is 0 Å². The van der Waals surface area contributed by atoms with Crippen molar-refractivity contribution in [3.05, 3.63) is 17.1 Å². The van der Waals surface area contributed by atoms with Crippen LogP contribution in [0.5, 0.6) is 5.88 Å². The molecular weight excluding hydrogens is 204 g/mol. The van der Waals surface area contributed by atoms with E-state index in [-0.39, 0.29) is 6.42 Å². The Morgan fingerprint density at radius 1 is 1.50 bits per heavy atom. The van der Waals surface area contributed by atoms with Crippen molar-refractivity contribution in [2.75, 3.05) is 7.11 Å². The molecule has 0 aromatic carbocycles. The maximum Gasteiger partial charge on any atom is 0.221 e. The second-order valence-corrected chi connectivity index (χ2v) is 2.98. The predicted molar refractivity (Wildman–Crippen MR) is 52.6 cm³/mol. The van der Waals surface area contributed by atoms with Crippen LogP contribution in [0.1, 0.15) is 17.1 Å². The van der Waals surface area contributed by atoms with E-state index in [9.17, 15) is 4.79 Å². The number of carbonyl (C=O) groups is 1. The Morgan fingerprint density at radius 2 is 2.21 bits per heavy atom. The van der Waals surface area contributed by atoms with E-state index in [0.29, 0.717) is 17.6 Å². The number of nitrogens with zero attached hydrogens (tertiary/aromatic N) is 2. The molecule has 0 aliphatic rings. The van der Waals surface area contributed by atoms with Gasteiger partial charge in [0, 0.05) is 5.69 Å². The maximum absolute atomic E-state index is 10.3. The third-order valence-corrected chi connectivity index (χ3v) is 2.08. The van der Waals surface area contributed by atoms with Crippen LogP contribution >= 0.6 is 11.6 Å². The van der Waals surface area contributed by atoms with Gasteiger partial charge in [-0.25, -0.2) is 4.98 Å². The minimum absolute atomic E-state index is 0.194. The van der Waals surface area contributed by atoms with Gasteiger partial charge in [-0.15, -0.1) is 11.6 Å². The molecule has 0 fully saturated rings. The highest BCUT2D eigenvalue weighted by molar-refractivity contribution is 6.17. The zero-order chi connectivity index (χ0) is 10.6. The van der Waals surface area contributed by atoms with Gasteiger partial charge in [0.25, 0.3) is 0 Å². The number of rotatable bonds is 4. The normalized spacial score (nSPS) is 9.93. The van der Waals surface area contributed by atoms with E-state index < -0.39 is 0 Å². The summed E-state index contributed by atoms with van der Waals surface area (Å²) in [6.45, 7) is 1.82. The third-order valence-electron chi connectivity index (χ3n) is 1.82. The molecule has 0 aliphatic heterocycles. The Morgan fingerprint density at radius 3 is 2.71 bits per heavy atom. The van der Waals surface area contributed by atoms with E-state index in [1.165, 1.54) is 7.11 Å². The molecule has 0 saturated carbocycles. The monoisotopic (exact) mass is 214 g/mol. The highest BCUT2D eigenvalue weighted by atomic mass is 35.5. The summed E-state index contributed by atoms with van der Waals surface area (Å²) in [6, 6.07) is 0. The molecule has 0 N–H and O–H groups in total. The molecule has 0 atom stereocenters. The number of alkyl halides is 1. The quantitative estimate of drug-likeness (QED) is 0.560. The van der Waals surface area contributed by atoms with Gasteiger partial charge < -0.3 is 9.53 Å². The van der Waals surface area contributed by atoms with Gasteiger partial charge in [0.1, 0.15) is 12.1 Å². The first-order valence-corrected chi connectivity index (χ1v) is 4.66. The van der Waals surface area contributed by atoms with Crippen molar-refractivity contribution in [2.45, 2.75) is 19.2 Å². The second-order valence-electron chi connectivity index (χ2n) is 2.72. The van der Waals surface area contributed by atoms with Crippen LogP contribution in [-0.4, -0.2) is 23.4 Å².